The minimum atomic E-state index is -0.291. The van der Waals surface area contributed by atoms with E-state index in [-0.39, 0.29) is 18.4 Å². The molecule has 0 spiro atoms. The molecule has 6 heteroatoms. The molecule has 0 heterocycles. The summed E-state index contributed by atoms with van der Waals surface area (Å²) in [5.74, 6) is 0.608. The molecule has 0 fully saturated rings. The highest BCUT2D eigenvalue weighted by molar-refractivity contribution is 14.1. The maximum Gasteiger partial charge on any atom is 0.415 e. The smallest absolute Gasteiger partial charge is 0.409 e. The minimum absolute atomic E-state index is 0.101. The number of unbranched alkanes of at least 4 members (excludes halogenated alkanes) is 2. The zero-order valence-corrected chi connectivity index (χ0v) is 17.1. The molecule has 0 N–H and O–H groups in total. The summed E-state index contributed by atoms with van der Waals surface area (Å²) >= 11 is 2.17. The second-order valence-electron chi connectivity index (χ2n) is 5.84. The maximum absolute atomic E-state index is 12.4. The lowest BCUT2D eigenvalue weighted by molar-refractivity contribution is -0.107. The van der Waals surface area contributed by atoms with Gasteiger partial charge in [-0.3, -0.25) is 0 Å². The standard InChI is InChI=1S/C18H28INO4/c1-14(2)20(13-9-5-6-12-17(22-3)23-4)18(21)24-16-11-8-7-10-15(16)19/h7-8,10-11,14,17H,5-6,9,12-13H2,1-4H3. The van der Waals surface area contributed by atoms with Gasteiger partial charge in [0.25, 0.3) is 0 Å². The number of hydrogen-bond acceptors (Lipinski definition) is 4. The Morgan fingerprint density at radius 2 is 1.79 bits per heavy atom. The molecule has 0 saturated heterocycles. The average molecular weight is 449 g/mol. The Hall–Kier alpha value is -0.860. The van der Waals surface area contributed by atoms with Crippen molar-refractivity contribution in [3.8, 4) is 5.75 Å². The van der Waals surface area contributed by atoms with Crippen LogP contribution in [0, 0.1) is 3.57 Å². The molecular formula is C18H28INO4. The van der Waals surface area contributed by atoms with Crippen molar-refractivity contribution in [3.05, 3.63) is 27.8 Å². The first-order valence-electron chi connectivity index (χ1n) is 8.28. The van der Waals surface area contributed by atoms with Crippen LogP contribution in [0.5, 0.6) is 5.75 Å². The van der Waals surface area contributed by atoms with Crippen LogP contribution in [-0.4, -0.2) is 44.1 Å². The summed E-state index contributed by atoms with van der Waals surface area (Å²) in [4.78, 5) is 14.2. The molecule has 24 heavy (non-hydrogen) atoms. The van der Waals surface area contributed by atoms with Gasteiger partial charge in [0.15, 0.2) is 6.29 Å². The number of ether oxygens (including phenoxy) is 3. The van der Waals surface area contributed by atoms with Gasteiger partial charge in [-0.1, -0.05) is 18.6 Å². The van der Waals surface area contributed by atoms with E-state index in [2.05, 4.69) is 22.6 Å². The second-order valence-corrected chi connectivity index (χ2v) is 7.00. The largest absolute Gasteiger partial charge is 0.415 e. The molecule has 0 unspecified atom stereocenters. The van der Waals surface area contributed by atoms with Crippen LogP contribution >= 0.6 is 22.6 Å². The van der Waals surface area contributed by atoms with Gasteiger partial charge in [0.2, 0.25) is 0 Å². The fraction of sp³-hybridized carbons (Fsp3) is 0.611. The van der Waals surface area contributed by atoms with E-state index in [0.29, 0.717) is 12.3 Å². The fourth-order valence-electron chi connectivity index (χ4n) is 2.34. The molecule has 0 aromatic heterocycles. The van der Waals surface area contributed by atoms with Crippen molar-refractivity contribution < 1.29 is 19.0 Å². The number of halogens is 1. The van der Waals surface area contributed by atoms with E-state index < -0.39 is 0 Å². The van der Waals surface area contributed by atoms with E-state index in [0.717, 1.165) is 29.3 Å². The van der Waals surface area contributed by atoms with Crippen LogP contribution in [0.4, 0.5) is 4.79 Å². The zero-order valence-electron chi connectivity index (χ0n) is 15.0. The van der Waals surface area contributed by atoms with Gasteiger partial charge in [-0.2, -0.15) is 0 Å². The minimum Gasteiger partial charge on any atom is -0.409 e. The first-order chi connectivity index (χ1) is 11.5. The Balaban J connectivity index is 2.43. The summed E-state index contributed by atoms with van der Waals surface area (Å²) in [7, 11) is 3.30. The second kappa shape index (κ2) is 11.7. The number of nitrogens with zero attached hydrogens (tertiary/aromatic N) is 1. The number of methoxy groups -OCH3 is 2. The Bertz CT molecular complexity index is 492. The molecule has 0 aliphatic rings. The maximum atomic E-state index is 12.4. The van der Waals surface area contributed by atoms with Crippen LogP contribution in [0.1, 0.15) is 39.5 Å². The SMILES string of the molecule is COC(CCCCCN(C(=O)Oc1ccccc1I)C(C)C)OC. The molecule has 0 atom stereocenters. The number of hydrogen-bond donors (Lipinski definition) is 0. The van der Waals surface area contributed by atoms with E-state index in [1.165, 1.54) is 0 Å². The third kappa shape index (κ3) is 7.36. The van der Waals surface area contributed by atoms with Gasteiger partial charge in [0.1, 0.15) is 5.75 Å². The highest BCUT2D eigenvalue weighted by Gasteiger charge is 2.19. The van der Waals surface area contributed by atoms with E-state index in [4.69, 9.17) is 14.2 Å². The third-order valence-electron chi connectivity index (χ3n) is 3.76. The lowest BCUT2D eigenvalue weighted by Crippen LogP contribution is -2.39. The van der Waals surface area contributed by atoms with Crippen molar-refractivity contribution in [2.75, 3.05) is 20.8 Å². The molecule has 0 aliphatic heterocycles. The van der Waals surface area contributed by atoms with E-state index in [9.17, 15) is 4.79 Å². The predicted octanol–water partition coefficient (Wildman–Crippen LogP) is 4.68. The number of rotatable bonds is 10. The Kier molecular flexibility index (Phi) is 10.3. The number of amides is 1. The summed E-state index contributed by atoms with van der Waals surface area (Å²) in [6.45, 7) is 4.69. The molecule has 1 amide bonds. The number of carbonyl (C=O) groups excluding carboxylic acids is 1. The van der Waals surface area contributed by atoms with Gasteiger partial charge in [-0.05, 0) is 67.8 Å². The molecule has 0 bridgehead atoms. The molecule has 5 nitrogen and oxygen atoms in total. The summed E-state index contributed by atoms with van der Waals surface area (Å²) in [6.07, 6.45) is 3.38. The lowest BCUT2D eigenvalue weighted by atomic mass is 10.1. The van der Waals surface area contributed by atoms with Gasteiger partial charge in [-0.25, -0.2) is 4.79 Å². The highest BCUT2D eigenvalue weighted by atomic mass is 127. The molecule has 1 aromatic carbocycles. The molecule has 0 aliphatic carbocycles. The first kappa shape index (κ1) is 21.2. The topological polar surface area (TPSA) is 48.0 Å². The van der Waals surface area contributed by atoms with Crippen molar-refractivity contribution in [1.82, 2.24) is 4.90 Å². The predicted molar refractivity (Wildman–Crippen MR) is 103 cm³/mol. The Morgan fingerprint density at radius 1 is 1.12 bits per heavy atom. The van der Waals surface area contributed by atoms with E-state index in [1.807, 2.05) is 38.1 Å². The summed E-state index contributed by atoms with van der Waals surface area (Å²) in [5, 5.41) is 0. The molecule has 136 valence electrons. The molecule has 0 radical (unpaired) electrons. The highest BCUT2D eigenvalue weighted by Crippen LogP contribution is 2.21. The van der Waals surface area contributed by atoms with Gasteiger partial charge in [0, 0.05) is 26.8 Å². The first-order valence-corrected chi connectivity index (χ1v) is 9.36. The molecule has 1 aromatic rings. The number of carbonyl (C=O) groups is 1. The quantitative estimate of drug-likeness (QED) is 0.296. The van der Waals surface area contributed by atoms with Gasteiger partial charge in [0.05, 0.1) is 3.57 Å². The normalized spacial score (nSPS) is 11.1. The Labute approximate surface area is 158 Å². The molecular weight excluding hydrogens is 421 g/mol. The van der Waals surface area contributed by atoms with Crippen LogP contribution < -0.4 is 4.74 Å². The fourth-order valence-corrected chi connectivity index (χ4v) is 2.84. The van der Waals surface area contributed by atoms with Crippen molar-refractivity contribution in [1.29, 1.82) is 0 Å². The van der Waals surface area contributed by atoms with Crippen LogP contribution in [0.25, 0.3) is 0 Å². The van der Waals surface area contributed by atoms with Gasteiger partial charge < -0.3 is 19.1 Å². The van der Waals surface area contributed by atoms with E-state index in [1.54, 1.807) is 19.1 Å². The van der Waals surface area contributed by atoms with Crippen molar-refractivity contribution in [3.63, 3.8) is 0 Å². The third-order valence-corrected chi connectivity index (χ3v) is 4.65. The van der Waals surface area contributed by atoms with Crippen molar-refractivity contribution >= 4 is 28.7 Å². The number of para-hydroxylation sites is 1. The Morgan fingerprint density at radius 3 is 2.38 bits per heavy atom. The monoisotopic (exact) mass is 449 g/mol. The summed E-state index contributed by atoms with van der Waals surface area (Å²) in [6, 6.07) is 7.63. The molecule has 0 saturated carbocycles. The zero-order chi connectivity index (χ0) is 17.9. The van der Waals surface area contributed by atoms with Crippen molar-refractivity contribution in [2.45, 2.75) is 51.9 Å². The van der Waals surface area contributed by atoms with E-state index >= 15 is 0 Å². The number of benzene rings is 1. The van der Waals surface area contributed by atoms with Crippen molar-refractivity contribution in [2.24, 2.45) is 0 Å². The van der Waals surface area contributed by atoms with Gasteiger partial charge in [-0.15, -0.1) is 0 Å². The van der Waals surface area contributed by atoms with Gasteiger partial charge >= 0.3 is 6.09 Å². The van der Waals surface area contributed by atoms with Crippen LogP contribution in [-0.2, 0) is 9.47 Å². The van der Waals surface area contributed by atoms with Crippen LogP contribution in [0.3, 0.4) is 0 Å². The van der Waals surface area contributed by atoms with Crippen LogP contribution in [0.2, 0.25) is 0 Å². The lowest BCUT2D eigenvalue weighted by Gasteiger charge is -2.26. The molecule has 1 rings (SSSR count). The average Bonchev–Trinajstić information content (AvgIpc) is 2.56. The summed E-state index contributed by atoms with van der Waals surface area (Å²) in [5.41, 5.74) is 0. The van der Waals surface area contributed by atoms with Crippen LogP contribution in [0.15, 0.2) is 24.3 Å². The summed E-state index contributed by atoms with van der Waals surface area (Å²) < 4.78 is 16.8.